The molecular formula is C15H18N2O2. The van der Waals surface area contributed by atoms with E-state index in [4.69, 9.17) is 4.52 Å². The lowest BCUT2D eigenvalue weighted by Gasteiger charge is -2.04. The molecule has 2 rings (SSSR count). The van der Waals surface area contributed by atoms with E-state index < -0.39 is 0 Å². The molecule has 100 valence electrons. The highest BCUT2D eigenvalue weighted by molar-refractivity contribution is 5.99. The van der Waals surface area contributed by atoms with Gasteiger partial charge in [0.1, 0.15) is 5.56 Å². The fourth-order valence-electron chi connectivity index (χ4n) is 1.79. The van der Waals surface area contributed by atoms with Crippen LogP contribution in [0.2, 0.25) is 0 Å². The molecule has 1 amide bonds. The minimum absolute atomic E-state index is 0.134. The van der Waals surface area contributed by atoms with E-state index in [0.717, 1.165) is 24.0 Å². The van der Waals surface area contributed by atoms with E-state index in [1.54, 1.807) is 0 Å². The van der Waals surface area contributed by atoms with Crippen LogP contribution in [0, 0.1) is 6.92 Å². The number of nitrogens with one attached hydrogen (secondary N) is 1. The number of rotatable bonds is 5. The van der Waals surface area contributed by atoms with Gasteiger partial charge in [-0.25, -0.2) is 0 Å². The summed E-state index contributed by atoms with van der Waals surface area (Å²) >= 11 is 0. The van der Waals surface area contributed by atoms with Gasteiger partial charge in [-0.15, -0.1) is 0 Å². The maximum absolute atomic E-state index is 12.0. The third-order valence-electron chi connectivity index (χ3n) is 2.94. The van der Waals surface area contributed by atoms with Crippen molar-refractivity contribution in [1.82, 2.24) is 10.5 Å². The van der Waals surface area contributed by atoms with Crippen molar-refractivity contribution in [3.63, 3.8) is 0 Å². The van der Waals surface area contributed by atoms with E-state index >= 15 is 0 Å². The predicted molar refractivity (Wildman–Crippen MR) is 73.9 cm³/mol. The summed E-state index contributed by atoms with van der Waals surface area (Å²) in [5, 5.41) is 6.60. The fourth-order valence-corrected chi connectivity index (χ4v) is 1.79. The first-order valence-electron chi connectivity index (χ1n) is 6.52. The zero-order valence-corrected chi connectivity index (χ0v) is 11.3. The van der Waals surface area contributed by atoms with Gasteiger partial charge in [0.25, 0.3) is 5.91 Å². The lowest BCUT2D eigenvalue weighted by atomic mass is 10.1. The summed E-state index contributed by atoms with van der Waals surface area (Å²) in [5.74, 6) is 0.388. The Balaban J connectivity index is 2.17. The molecule has 4 heteroatoms. The van der Waals surface area contributed by atoms with Crippen molar-refractivity contribution in [3.05, 3.63) is 41.6 Å². The number of carbonyl (C=O) groups excluding carboxylic acids is 1. The topological polar surface area (TPSA) is 55.1 Å². The molecule has 2 aromatic rings. The van der Waals surface area contributed by atoms with Crippen LogP contribution in [-0.4, -0.2) is 17.6 Å². The van der Waals surface area contributed by atoms with Gasteiger partial charge in [-0.1, -0.05) is 48.3 Å². The molecule has 19 heavy (non-hydrogen) atoms. The Morgan fingerprint density at radius 1 is 1.32 bits per heavy atom. The van der Waals surface area contributed by atoms with Gasteiger partial charge < -0.3 is 9.84 Å². The third kappa shape index (κ3) is 3.22. The van der Waals surface area contributed by atoms with Gasteiger partial charge in [0.15, 0.2) is 5.76 Å². The van der Waals surface area contributed by atoms with Crippen molar-refractivity contribution in [2.24, 2.45) is 0 Å². The van der Waals surface area contributed by atoms with Gasteiger partial charge in [-0.3, -0.25) is 4.79 Å². The van der Waals surface area contributed by atoms with Gasteiger partial charge in [-0.2, -0.15) is 0 Å². The van der Waals surface area contributed by atoms with Crippen molar-refractivity contribution in [1.29, 1.82) is 0 Å². The highest BCUT2D eigenvalue weighted by Crippen LogP contribution is 2.23. The van der Waals surface area contributed by atoms with Crippen molar-refractivity contribution < 1.29 is 9.32 Å². The summed E-state index contributed by atoms with van der Waals surface area (Å²) in [6.45, 7) is 4.78. The van der Waals surface area contributed by atoms with E-state index in [2.05, 4.69) is 17.4 Å². The first kappa shape index (κ1) is 13.3. The number of carbonyl (C=O) groups is 1. The molecule has 0 atom stereocenters. The molecule has 0 saturated carbocycles. The Morgan fingerprint density at radius 2 is 2.05 bits per heavy atom. The lowest BCUT2D eigenvalue weighted by Crippen LogP contribution is -2.24. The molecular weight excluding hydrogens is 240 g/mol. The smallest absolute Gasteiger partial charge is 0.256 e. The fraction of sp³-hybridized carbons (Fsp3) is 0.333. The third-order valence-corrected chi connectivity index (χ3v) is 2.94. The number of aryl methyl sites for hydroxylation is 1. The quantitative estimate of drug-likeness (QED) is 0.838. The van der Waals surface area contributed by atoms with E-state index in [1.807, 2.05) is 31.2 Å². The van der Waals surface area contributed by atoms with Crippen LogP contribution < -0.4 is 5.32 Å². The Morgan fingerprint density at radius 3 is 2.74 bits per heavy atom. The lowest BCUT2D eigenvalue weighted by molar-refractivity contribution is 0.0953. The van der Waals surface area contributed by atoms with Crippen LogP contribution in [0.5, 0.6) is 0 Å². The zero-order chi connectivity index (χ0) is 13.7. The van der Waals surface area contributed by atoms with Crippen molar-refractivity contribution in [2.75, 3.05) is 6.54 Å². The van der Waals surface area contributed by atoms with E-state index in [-0.39, 0.29) is 5.91 Å². The van der Waals surface area contributed by atoms with Crippen molar-refractivity contribution in [2.45, 2.75) is 26.7 Å². The monoisotopic (exact) mass is 258 g/mol. The largest absolute Gasteiger partial charge is 0.355 e. The number of amides is 1. The Hall–Kier alpha value is -2.10. The normalized spacial score (nSPS) is 10.4. The minimum atomic E-state index is -0.134. The molecule has 1 aromatic heterocycles. The maximum atomic E-state index is 12.0. The number of hydrogen-bond acceptors (Lipinski definition) is 3. The molecule has 0 aliphatic carbocycles. The van der Waals surface area contributed by atoms with E-state index in [1.165, 1.54) is 6.20 Å². The summed E-state index contributed by atoms with van der Waals surface area (Å²) < 4.78 is 5.21. The van der Waals surface area contributed by atoms with Crippen LogP contribution in [-0.2, 0) is 0 Å². The van der Waals surface area contributed by atoms with Gasteiger partial charge in [-0.05, 0) is 13.3 Å². The molecule has 0 bridgehead atoms. The second kappa shape index (κ2) is 6.18. The Bertz CT molecular complexity index is 544. The van der Waals surface area contributed by atoms with Gasteiger partial charge in [0.05, 0.1) is 6.20 Å². The molecule has 0 spiro atoms. The SMILES string of the molecule is CCCCNC(=O)c1cnoc1-c1ccc(C)cc1. The second-order valence-corrected chi connectivity index (χ2v) is 4.54. The molecule has 1 aromatic carbocycles. The van der Waals surface area contributed by atoms with E-state index in [9.17, 15) is 4.79 Å². The summed E-state index contributed by atoms with van der Waals surface area (Å²) in [6.07, 6.45) is 3.49. The predicted octanol–water partition coefficient (Wildman–Crippen LogP) is 3.18. The number of aromatic nitrogens is 1. The molecule has 4 nitrogen and oxygen atoms in total. The van der Waals surface area contributed by atoms with Crippen molar-refractivity contribution in [3.8, 4) is 11.3 Å². The number of benzene rings is 1. The molecule has 1 heterocycles. The second-order valence-electron chi connectivity index (χ2n) is 4.54. The number of nitrogens with zero attached hydrogens (tertiary/aromatic N) is 1. The standard InChI is InChI=1S/C15H18N2O2/c1-3-4-9-16-15(18)13-10-17-19-14(13)12-7-5-11(2)6-8-12/h5-8,10H,3-4,9H2,1-2H3,(H,16,18). The molecule has 0 saturated heterocycles. The average molecular weight is 258 g/mol. The van der Waals surface area contributed by atoms with Crippen LogP contribution in [0.25, 0.3) is 11.3 Å². The molecule has 0 aliphatic rings. The zero-order valence-electron chi connectivity index (χ0n) is 11.3. The van der Waals surface area contributed by atoms with Crippen LogP contribution in [0.3, 0.4) is 0 Å². The van der Waals surface area contributed by atoms with Crippen LogP contribution in [0.15, 0.2) is 35.0 Å². The number of unbranched alkanes of at least 4 members (excludes halogenated alkanes) is 1. The van der Waals surface area contributed by atoms with Gasteiger partial charge >= 0.3 is 0 Å². The first-order chi connectivity index (χ1) is 9.22. The summed E-state index contributed by atoms with van der Waals surface area (Å²) in [6, 6.07) is 7.82. The molecule has 0 aliphatic heterocycles. The van der Waals surface area contributed by atoms with Crippen molar-refractivity contribution >= 4 is 5.91 Å². The Kier molecular flexibility index (Phi) is 4.34. The van der Waals surface area contributed by atoms with Crippen LogP contribution >= 0.6 is 0 Å². The minimum Gasteiger partial charge on any atom is -0.355 e. The highest BCUT2D eigenvalue weighted by Gasteiger charge is 2.17. The summed E-state index contributed by atoms with van der Waals surface area (Å²) in [7, 11) is 0. The Labute approximate surface area is 112 Å². The van der Waals surface area contributed by atoms with Crippen LogP contribution in [0.1, 0.15) is 35.7 Å². The number of hydrogen-bond donors (Lipinski definition) is 1. The maximum Gasteiger partial charge on any atom is 0.256 e. The van der Waals surface area contributed by atoms with Crippen LogP contribution in [0.4, 0.5) is 0 Å². The summed E-state index contributed by atoms with van der Waals surface area (Å²) in [4.78, 5) is 12.0. The summed E-state index contributed by atoms with van der Waals surface area (Å²) in [5.41, 5.74) is 2.51. The average Bonchev–Trinajstić information content (AvgIpc) is 2.89. The molecule has 0 unspecified atom stereocenters. The van der Waals surface area contributed by atoms with Gasteiger partial charge in [0.2, 0.25) is 0 Å². The molecule has 0 fully saturated rings. The molecule has 0 radical (unpaired) electrons. The van der Waals surface area contributed by atoms with E-state index in [0.29, 0.717) is 17.9 Å². The highest BCUT2D eigenvalue weighted by atomic mass is 16.5. The molecule has 1 N–H and O–H groups in total. The van der Waals surface area contributed by atoms with Gasteiger partial charge in [0, 0.05) is 12.1 Å². The first-order valence-corrected chi connectivity index (χ1v) is 6.52.